The zero-order valence-electron chi connectivity index (χ0n) is 8.21. The summed E-state index contributed by atoms with van der Waals surface area (Å²) in [6.45, 7) is 1.76. The number of anilines is 1. The molecule has 0 unspecified atom stereocenters. The lowest BCUT2D eigenvalue weighted by Gasteiger charge is -2.09. The monoisotopic (exact) mass is 242 g/mol. The third-order valence-corrected chi connectivity index (χ3v) is 2.30. The van der Waals surface area contributed by atoms with Crippen LogP contribution in [0.2, 0.25) is 5.02 Å². The zero-order valence-corrected chi connectivity index (χ0v) is 9.78. The number of rotatable bonds is 3. The summed E-state index contributed by atoms with van der Waals surface area (Å²) < 4.78 is 0. The summed E-state index contributed by atoms with van der Waals surface area (Å²) in [4.78, 5) is 11.5. The van der Waals surface area contributed by atoms with Crippen LogP contribution in [-0.2, 0) is 4.79 Å². The molecule has 0 aliphatic carbocycles. The van der Waals surface area contributed by atoms with Crippen molar-refractivity contribution >= 4 is 40.4 Å². The van der Waals surface area contributed by atoms with Gasteiger partial charge in [-0.25, -0.2) is 0 Å². The SMILES string of the molecule is CCC(=O)Nc1cc(Cl)ccc1C(N)=S. The summed E-state index contributed by atoms with van der Waals surface area (Å²) in [5, 5.41) is 3.22. The molecule has 0 spiro atoms. The predicted octanol–water partition coefficient (Wildman–Crippen LogP) is 2.32. The lowest BCUT2D eigenvalue weighted by molar-refractivity contribution is -0.115. The first kappa shape index (κ1) is 11.9. The Morgan fingerprint density at radius 3 is 2.80 bits per heavy atom. The fourth-order valence-electron chi connectivity index (χ4n) is 1.07. The standard InChI is InChI=1S/C10H11ClN2OS/c1-2-9(14)13-8-5-6(11)3-4-7(8)10(12)15/h3-5H,2H2,1H3,(H2,12,15)(H,13,14). The van der Waals surface area contributed by atoms with Crippen LogP contribution in [0, 0.1) is 0 Å². The largest absolute Gasteiger partial charge is 0.389 e. The molecule has 0 aliphatic rings. The molecule has 5 heteroatoms. The Balaban J connectivity index is 3.07. The van der Waals surface area contributed by atoms with Gasteiger partial charge in [-0.3, -0.25) is 4.79 Å². The van der Waals surface area contributed by atoms with E-state index in [9.17, 15) is 4.79 Å². The van der Waals surface area contributed by atoms with Gasteiger partial charge >= 0.3 is 0 Å². The van der Waals surface area contributed by atoms with E-state index in [2.05, 4.69) is 5.32 Å². The number of hydrogen-bond acceptors (Lipinski definition) is 2. The van der Waals surface area contributed by atoms with Gasteiger partial charge in [0.2, 0.25) is 5.91 Å². The molecule has 80 valence electrons. The van der Waals surface area contributed by atoms with Crippen molar-refractivity contribution in [3.8, 4) is 0 Å². The van der Waals surface area contributed by atoms with Crippen LogP contribution in [0.15, 0.2) is 18.2 Å². The van der Waals surface area contributed by atoms with Gasteiger partial charge in [0.25, 0.3) is 0 Å². The van der Waals surface area contributed by atoms with Gasteiger partial charge in [-0.1, -0.05) is 30.7 Å². The van der Waals surface area contributed by atoms with Crippen molar-refractivity contribution in [2.75, 3.05) is 5.32 Å². The van der Waals surface area contributed by atoms with E-state index in [1.807, 2.05) is 0 Å². The van der Waals surface area contributed by atoms with Crippen LogP contribution < -0.4 is 11.1 Å². The minimum absolute atomic E-state index is 0.102. The van der Waals surface area contributed by atoms with Crippen LogP contribution in [0.5, 0.6) is 0 Å². The van der Waals surface area contributed by atoms with Crippen molar-refractivity contribution in [3.63, 3.8) is 0 Å². The second kappa shape index (κ2) is 5.09. The highest BCUT2D eigenvalue weighted by atomic mass is 35.5. The van der Waals surface area contributed by atoms with Gasteiger partial charge in [0.05, 0.1) is 5.69 Å². The van der Waals surface area contributed by atoms with Crippen molar-refractivity contribution in [2.24, 2.45) is 5.73 Å². The number of hydrogen-bond donors (Lipinski definition) is 2. The molecular formula is C10H11ClN2OS. The molecule has 0 fully saturated rings. The van der Waals surface area contributed by atoms with Crippen LogP contribution in [-0.4, -0.2) is 10.9 Å². The molecule has 1 aromatic rings. The molecule has 1 rings (SSSR count). The summed E-state index contributed by atoms with van der Waals surface area (Å²) in [6.07, 6.45) is 0.392. The fourth-order valence-corrected chi connectivity index (χ4v) is 1.42. The second-order valence-corrected chi connectivity index (χ2v) is 3.83. The van der Waals surface area contributed by atoms with Gasteiger partial charge in [0.15, 0.2) is 0 Å². The molecule has 0 radical (unpaired) electrons. The Morgan fingerprint density at radius 1 is 1.60 bits per heavy atom. The summed E-state index contributed by atoms with van der Waals surface area (Å²) in [7, 11) is 0. The molecule has 3 N–H and O–H groups in total. The Labute approximate surface area is 98.6 Å². The van der Waals surface area contributed by atoms with Crippen molar-refractivity contribution in [1.29, 1.82) is 0 Å². The van der Waals surface area contributed by atoms with Crippen LogP contribution in [0.25, 0.3) is 0 Å². The summed E-state index contributed by atoms with van der Waals surface area (Å²) >= 11 is 10.7. The third kappa shape index (κ3) is 3.18. The first-order chi connectivity index (χ1) is 7.04. The number of halogens is 1. The van der Waals surface area contributed by atoms with Crippen LogP contribution in [0.3, 0.4) is 0 Å². The number of nitrogens with one attached hydrogen (secondary N) is 1. The van der Waals surface area contributed by atoms with Crippen molar-refractivity contribution in [3.05, 3.63) is 28.8 Å². The predicted molar refractivity (Wildman–Crippen MR) is 66.3 cm³/mol. The highest BCUT2D eigenvalue weighted by Gasteiger charge is 2.08. The normalized spacial score (nSPS) is 9.73. The van der Waals surface area contributed by atoms with Gasteiger partial charge in [0.1, 0.15) is 4.99 Å². The highest BCUT2D eigenvalue weighted by molar-refractivity contribution is 7.80. The fraction of sp³-hybridized carbons (Fsp3) is 0.200. The van der Waals surface area contributed by atoms with E-state index in [-0.39, 0.29) is 10.9 Å². The van der Waals surface area contributed by atoms with Crippen LogP contribution in [0.1, 0.15) is 18.9 Å². The van der Waals surface area contributed by atoms with E-state index in [0.717, 1.165) is 0 Å². The van der Waals surface area contributed by atoms with Crippen molar-refractivity contribution in [1.82, 2.24) is 0 Å². The summed E-state index contributed by atoms with van der Waals surface area (Å²) in [5.74, 6) is -0.102. The van der Waals surface area contributed by atoms with E-state index < -0.39 is 0 Å². The van der Waals surface area contributed by atoms with E-state index in [1.165, 1.54) is 0 Å². The lowest BCUT2D eigenvalue weighted by Crippen LogP contribution is -2.16. The number of carbonyl (C=O) groups is 1. The number of nitrogens with two attached hydrogens (primary N) is 1. The lowest BCUT2D eigenvalue weighted by atomic mass is 10.1. The Hall–Kier alpha value is -1.13. The van der Waals surface area contributed by atoms with E-state index >= 15 is 0 Å². The molecule has 0 saturated heterocycles. The van der Waals surface area contributed by atoms with E-state index in [4.69, 9.17) is 29.6 Å². The average molecular weight is 243 g/mol. The number of carbonyl (C=O) groups excluding carboxylic acids is 1. The minimum Gasteiger partial charge on any atom is -0.389 e. The Kier molecular flexibility index (Phi) is 4.05. The molecule has 15 heavy (non-hydrogen) atoms. The molecule has 0 aromatic heterocycles. The highest BCUT2D eigenvalue weighted by Crippen LogP contribution is 2.21. The molecule has 0 saturated carbocycles. The number of amides is 1. The second-order valence-electron chi connectivity index (χ2n) is 2.96. The first-order valence-electron chi connectivity index (χ1n) is 4.43. The van der Waals surface area contributed by atoms with Crippen LogP contribution in [0.4, 0.5) is 5.69 Å². The van der Waals surface area contributed by atoms with E-state index in [1.54, 1.807) is 25.1 Å². The van der Waals surface area contributed by atoms with Crippen LogP contribution >= 0.6 is 23.8 Å². The quantitative estimate of drug-likeness (QED) is 0.800. The number of benzene rings is 1. The van der Waals surface area contributed by atoms with Gasteiger partial charge < -0.3 is 11.1 Å². The average Bonchev–Trinajstić information content (AvgIpc) is 2.17. The molecule has 0 atom stereocenters. The Morgan fingerprint density at radius 2 is 2.27 bits per heavy atom. The Bertz CT molecular complexity index is 406. The molecule has 1 amide bonds. The number of thiocarbonyl (C=S) groups is 1. The minimum atomic E-state index is -0.102. The third-order valence-electron chi connectivity index (χ3n) is 1.84. The van der Waals surface area contributed by atoms with Gasteiger partial charge in [-0.05, 0) is 18.2 Å². The molecule has 3 nitrogen and oxygen atoms in total. The van der Waals surface area contributed by atoms with Crippen molar-refractivity contribution < 1.29 is 4.79 Å². The van der Waals surface area contributed by atoms with E-state index in [0.29, 0.717) is 22.7 Å². The summed E-state index contributed by atoms with van der Waals surface area (Å²) in [6, 6.07) is 5.00. The molecular weight excluding hydrogens is 232 g/mol. The van der Waals surface area contributed by atoms with Gasteiger partial charge in [0, 0.05) is 17.0 Å². The molecule has 0 bridgehead atoms. The van der Waals surface area contributed by atoms with Gasteiger partial charge in [-0.2, -0.15) is 0 Å². The first-order valence-corrected chi connectivity index (χ1v) is 5.22. The topological polar surface area (TPSA) is 55.1 Å². The maximum atomic E-state index is 11.2. The molecule has 1 aromatic carbocycles. The summed E-state index contributed by atoms with van der Waals surface area (Å²) in [5.41, 5.74) is 6.70. The maximum Gasteiger partial charge on any atom is 0.224 e. The molecule has 0 aliphatic heterocycles. The smallest absolute Gasteiger partial charge is 0.224 e. The molecule has 0 heterocycles. The maximum absolute atomic E-state index is 11.2. The zero-order chi connectivity index (χ0) is 11.4. The van der Waals surface area contributed by atoms with Crippen molar-refractivity contribution in [2.45, 2.75) is 13.3 Å². The van der Waals surface area contributed by atoms with Gasteiger partial charge in [-0.15, -0.1) is 0 Å².